The molecule has 3 aromatic rings. The number of carbonyl (C=O) groups excluding carboxylic acids is 1. The van der Waals surface area contributed by atoms with Gasteiger partial charge in [0.2, 0.25) is 5.91 Å². The lowest BCUT2D eigenvalue weighted by atomic mass is 9.58. The van der Waals surface area contributed by atoms with Gasteiger partial charge < -0.3 is 10.8 Å². The Morgan fingerprint density at radius 2 is 1.69 bits per heavy atom. The topological polar surface area (TPSA) is 63.3 Å². The van der Waals surface area contributed by atoms with Crippen LogP contribution in [0.25, 0.3) is 10.8 Å². The minimum atomic E-state index is -1.22. The number of rotatable bonds is 5. The fourth-order valence-corrected chi connectivity index (χ4v) is 5.18. The zero-order chi connectivity index (χ0) is 20.5. The highest BCUT2D eigenvalue weighted by molar-refractivity contribution is 6.30. The fraction of sp³-hybridized carbons (Fsp3) is 0.320. The number of aliphatic hydroxyl groups is 1. The highest BCUT2D eigenvalue weighted by Gasteiger charge is 2.55. The van der Waals surface area contributed by atoms with Gasteiger partial charge in [0.1, 0.15) is 5.41 Å². The van der Waals surface area contributed by atoms with Crippen LogP contribution in [0.5, 0.6) is 0 Å². The van der Waals surface area contributed by atoms with E-state index in [0.717, 1.165) is 41.2 Å². The van der Waals surface area contributed by atoms with Crippen LogP contribution in [0.15, 0.2) is 66.7 Å². The van der Waals surface area contributed by atoms with Crippen molar-refractivity contribution in [2.45, 2.75) is 49.5 Å². The molecular formula is C25H26ClNO2. The van der Waals surface area contributed by atoms with E-state index < -0.39 is 16.9 Å². The first-order valence-corrected chi connectivity index (χ1v) is 10.6. The van der Waals surface area contributed by atoms with Gasteiger partial charge in [0.15, 0.2) is 0 Å². The molecule has 1 unspecified atom stereocenters. The molecule has 29 heavy (non-hydrogen) atoms. The van der Waals surface area contributed by atoms with Gasteiger partial charge in [-0.1, -0.05) is 79.4 Å². The van der Waals surface area contributed by atoms with Crippen molar-refractivity contribution in [1.29, 1.82) is 0 Å². The van der Waals surface area contributed by atoms with Crippen molar-refractivity contribution in [1.82, 2.24) is 0 Å². The Hall–Kier alpha value is -2.36. The molecule has 3 N–H and O–H groups in total. The maximum absolute atomic E-state index is 13.2. The number of fused-ring (bicyclic) bond motifs is 1. The van der Waals surface area contributed by atoms with Crippen LogP contribution in [0.2, 0.25) is 5.02 Å². The Morgan fingerprint density at radius 1 is 0.966 bits per heavy atom. The summed E-state index contributed by atoms with van der Waals surface area (Å²) >= 11 is 6.22. The summed E-state index contributed by atoms with van der Waals surface area (Å²) in [5, 5.41) is 14.6. The molecule has 0 bridgehead atoms. The molecule has 0 aromatic heterocycles. The summed E-state index contributed by atoms with van der Waals surface area (Å²) in [7, 11) is 0. The molecule has 3 nitrogen and oxygen atoms in total. The zero-order valence-corrected chi connectivity index (χ0v) is 17.2. The van der Waals surface area contributed by atoms with Crippen LogP contribution in [0.3, 0.4) is 0 Å². The van der Waals surface area contributed by atoms with Crippen molar-refractivity contribution in [2.75, 3.05) is 0 Å². The second-order valence-electron chi connectivity index (χ2n) is 8.23. The minimum absolute atomic E-state index is 0.317. The Bertz CT molecular complexity index is 1040. The van der Waals surface area contributed by atoms with Crippen LogP contribution < -0.4 is 5.73 Å². The molecule has 1 atom stereocenters. The van der Waals surface area contributed by atoms with E-state index in [1.807, 2.05) is 66.7 Å². The van der Waals surface area contributed by atoms with Crippen LogP contribution in [0.4, 0.5) is 0 Å². The largest absolute Gasteiger partial charge is 0.388 e. The van der Waals surface area contributed by atoms with E-state index >= 15 is 0 Å². The molecule has 1 aliphatic carbocycles. The van der Waals surface area contributed by atoms with Gasteiger partial charge in [-0.05, 0) is 59.4 Å². The van der Waals surface area contributed by atoms with E-state index in [0.29, 0.717) is 24.3 Å². The first-order chi connectivity index (χ1) is 13.9. The van der Waals surface area contributed by atoms with Gasteiger partial charge >= 0.3 is 0 Å². The number of benzene rings is 3. The third-order valence-electron chi connectivity index (χ3n) is 6.50. The first kappa shape index (κ1) is 19.9. The Labute approximate surface area is 176 Å². The third kappa shape index (κ3) is 3.54. The van der Waals surface area contributed by atoms with Crippen molar-refractivity contribution in [3.8, 4) is 0 Å². The molecule has 4 heteroatoms. The van der Waals surface area contributed by atoms with Gasteiger partial charge in [-0.2, -0.15) is 0 Å². The number of primary amides is 1. The molecule has 3 aromatic carbocycles. The molecule has 0 radical (unpaired) electrons. The number of carbonyl (C=O) groups is 1. The molecule has 1 saturated carbocycles. The second kappa shape index (κ2) is 7.81. The van der Waals surface area contributed by atoms with Crippen LogP contribution >= 0.6 is 11.6 Å². The molecule has 0 aliphatic heterocycles. The molecule has 1 fully saturated rings. The molecular weight excluding hydrogens is 382 g/mol. The normalized spacial score (nSPS) is 18.3. The highest BCUT2D eigenvalue weighted by Crippen LogP contribution is 2.47. The standard InChI is InChI=1S/C25H26ClNO2/c26-22-10-6-7-18(15-22)17-25(23(27)28,24(29)13-4-1-5-14-24)21-12-11-19-8-2-3-9-20(19)16-21/h2-3,6-12,15-16,29H,1,4-5,13-14,17H2,(H2,27,28). The summed E-state index contributed by atoms with van der Waals surface area (Å²) in [5.41, 5.74) is 5.37. The van der Waals surface area contributed by atoms with Crippen molar-refractivity contribution < 1.29 is 9.90 Å². The number of amides is 1. The predicted octanol–water partition coefficient (Wildman–Crippen LogP) is 5.15. The molecule has 4 rings (SSSR count). The molecule has 1 aliphatic rings. The zero-order valence-electron chi connectivity index (χ0n) is 16.4. The van der Waals surface area contributed by atoms with Gasteiger partial charge in [-0.25, -0.2) is 0 Å². The van der Waals surface area contributed by atoms with Crippen molar-refractivity contribution in [3.05, 3.63) is 82.9 Å². The first-order valence-electron chi connectivity index (χ1n) is 10.2. The minimum Gasteiger partial charge on any atom is -0.388 e. The lowest BCUT2D eigenvalue weighted by molar-refractivity contribution is -0.140. The van der Waals surface area contributed by atoms with Gasteiger partial charge in [0.25, 0.3) is 0 Å². The summed E-state index contributed by atoms with van der Waals surface area (Å²) in [4.78, 5) is 13.2. The molecule has 0 heterocycles. The van der Waals surface area contributed by atoms with E-state index in [9.17, 15) is 9.90 Å². The van der Waals surface area contributed by atoms with E-state index in [1.54, 1.807) is 0 Å². The number of nitrogens with two attached hydrogens (primary N) is 1. The smallest absolute Gasteiger partial charge is 0.231 e. The summed E-state index contributed by atoms with van der Waals surface area (Å²) in [6.07, 6.45) is 4.26. The number of hydrogen-bond acceptors (Lipinski definition) is 2. The van der Waals surface area contributed by atoms with Gasteiger partial charge in [-0.3, -0.25) is 4.79 Å². The van der Waals surface area contributed by atoms with Crippen molar-refractivity contribution in [3.63, 3.8) is 0 Å². The SMILES string of the molecule is NC(=O)C(Cc1cccc(Cl)c1)(c1ccc2ccccc2c1)C1(O)CCCCC1. The predicted molar refractivity (Wildman–Crippen MR) is 118 cm³/mol. The van der Waals surface area contributed by atoms with Crippen molar-refractivity contribution in [2.24, 2.45) is 5.73 Å². The Morgan fingerprint density at radius 3 is 2.38 bits per heavy atom. The lowest BCUT2D eigenvalue weighted by Crippen LogP contribution is -2.61. The second-order valence-corrected chi connectivity index (χ2v) is 8.67. The quantitative estimate of drug-likeness (QED) is 0.614. The van der Waals surface area contributed by atoms with E-state index in [1.165, 1.54) is 0 Å². The van der Waals surface area contributed by atoms with Crippen LogP contribution in [0.1, 0.15) is 43.2 Å². The fourth-order valence-electron chi connectivity index (χ4n) is 4.97. The molecule has 0 saturated heterocycles. The van der Waals surface area contributed by atoms with Gasteiger partial charge in [0, 0.05) is 5.02 Å². The van der Waals surface area contributed by atoms with E-state index in [4.69, 9.17) is 17.3 Å². The average molecular weight is 408 g/mol. The monoisotopic (exact) mass is 407 g/mol. The molecule has 1 amide bonds. The summed E-state index contributed by atoms with van der Waals surface area (Å²) in [6, 6.07) is 21.5. The van der Waals surface area contributed by atoms with Crippen LogP contribution in [-0.4, -0.2) is 16.6 Å². The highest BCUT2D eigenvalue weighted by atomic mass is 35.5. The Balaban J connectivity index is 1.93. The average Bonchev–Trinajstić information content (AvgIpc) is 2.72. The molecule has 150 valence electrons. The van der Waals surface area contributed by atoms with Gasteiger partial charge in [0.05, 0.1) is 5.60 Å². The lowest BCUT2D eigenvalue weighted by Gasteiger charge is -2.48. The van der Waals surface area contributed by atoms with Crippen LogP contribution in [0, 0.1) is 0 Å². The van der Waals surface area contributed by atoms with E-state index in [2.05, 4.69) is 0 Å². The van der Waals surface area contributed by atoms with Crippen molar-refractivity contribution >= 4 is 28.3 Å². The number of hydrogen-bond donors (Lipinski definition) is 2. The summed E-state index contributed by atoms with van der Waals surface area (Å²) in [5.74, 6) is -0.489. The van der Waals surface area contributed by atoms with Gasteiger partial charge in [-0.15, -0.1) is 0 Å². The molecule has 0 spiro atoms. The maximum Gasteiger partial charge on any atom is 0.231 e. The summed E-state index contributed by atoms with van der Waals surface area (Å²) < 4.78 is 0. The maximum atomic E-state index is 13.2. The number of halogens is 1. The summed E-state index contributed by atoms with van der Waals surface area (Å²) in [6.45, 7) is 0. The van der Waals surface area contributed by atoms with E-state index in [-0.39, 0.29) is 0 Å². The van der Waals surface area contributed by atoms with Crippen LogP contribution in [-0.2, 0) is 16.6 Å². The Kier molecular flexibility index (Phi) is 5.37. The third-order valence-corrected chi connectivity index (χ3v) is 6.73.